The van der Waals surface area contributed by atoms with Gasteiger partial charge in [0.1, 0.15) is 11.1 Å². The number of likely N-dealkylation sites (tertiary alicyclic amines) is 1. The van der Waals surface area contributed by atoms with Gasteiger partial charge in [-0.1, -0.05) is 0 Å². The molecule has 2 heterocycles. The lowest BCUT2D eigenvalue weighted by molar-refractivity contribution is -0.133. The second kappa shape index (κ2) is 6.35. The molecule has 0 radical (unpaired) electrons. The number of nitrogens with zero attached hydrogens (tertiary/aromatic N) is 2. The summed E-state index contributed by atoms with van der Waals surface area (Å²) in [5.74, 6) is -0.233. The molecule has 23 heavy (non-hydrogen) atoms. The van der Waals surface area contributed by atoms with Gasteiger partial charge in [0.2, 0.25) is 0 Å². The largest absolute Gasteiger partial charge is 0.444 e. The number of amides is 4. The Bertz CT molecular complexity index is 492. The fraction of sp³-hybridized carbons (Fsp3) is 0.800. The number of urea groups is 1. The van der Waals surface area contributed by atoms with Gasteiger partial charge in [-0.25, -0.2) is 9.59 Å². The molecular weight excluding hydrogens is 302 g/mol. The summed E-state index contributed by atoms with van der Waals surface area (Å²) in [6, 6.07) is -0.391. The highest BCUT2D eigenvalue weighted by Gasteiger charge is 2.52. The number of hydrogen-bond donors (Lipinski definition) is 1. The van der Waals surface area contributed by atoms with E-state index >= 15 is 0 Å². The lowest BCUT2D eigenvalue weighted by Crippen LogP contribution is -2.56. The standard InChI is InChI=1S/C15H25N3O5/c1-14(2,3)23-13(21)17-7-5-15(6-8-17)11(19)18(9-10-22-4)12(20)16-15/h5-10H2,1-4H3,(H,16,20). The first-order valence-electron chi connectivity index (χ1n) is 7.79. The average Bonchev–Trinajstić information content (AvgIpc) is 2.67. The Labute approximate surface area is 136 Å². The minimum absolute atomic E-state index is 0.233. The number of carbonyl (C=O) groups excluding carboxylic acids is 3. The molecule has 2 aliphatic rings. The van der Waals surface area contributed by atoms with Gasteiger partial charge >= 0.3 is 12.1 Å². The van der Waals surface area contributed by atoms with Crippen LogP contribution in [0.15, 0.2) is 0 Å². The number of carbonyl (C=O) groups is 3. The molecule has 1 N–H and O–H groups in total. The third-order valence-electron chi connectivity index (χ3n) is 4.03. The molecule has 0 bridgehead atoms. The van der Waals surface area contributed by atoms with Gasteiger partial charge in [-0.05, 0) is 33.6 Å². The van der Waals surface area contributed by atoms with Gasteiger partial charge in [0.05, 0.1) is 13.2 Å². The van der Waals surface area contributed by atoms with Gasteiger partial charge < -0.3 is 19.7 Å². The van der Waals surface area contributed by atoms with E-state index in [1.165, 1.54) is 12.0 Å². The average molecular weight is 327 g/mol. The molecule has 0 atom stereocenters. The van der Waals surface area contributed by atoms with E-state index in [-0.39, 0.29) is 18.5 Å². The Morgan fingerprint density at radius 2 is 1.87 bits per heavy atom. The normalized spacial score (nSPS) is 20.9. The van der Waals surface area contributed by atoms with Crippen molar-refractivity contribution in [3.8, 4) is 0 Å². The highest BCUT2D eigenvalue weighted by atomic mass is 16.6. The number of nitrogens with one attached hydrogen (secondary N) is 1. The van der Waals surface area contributed by atoms with E-state index in [0.29, 0.717) is 32.5 Å². The summed E-state index contributed by atoms with van der Waals surface area (Å²) in [4.78, 5) is 39.4. The van der Waals surface area contributed by atoms with Crippen LogP contribution in [-0.4, -0.2) is 72.3 Å². The summed E-state index contributed by atoms with van der Waals surface area (Å²) in [6.45, 7) is 6.72. The second-order valence-corrected chi connectivity index (χ2v) is 6.93. The van der Waals surface area contributed by atoms with Crippen LogP contribution < -0.4 is 5.32 Å². The third kappa shape index (κ3) is 3.74. The van der Waals surface area contributed by atoms with Crippen molar-refractivity contribution >= 4 is 18.0 Å². The van der Waals surface area contributed by atoms with E-state index in [4.69, 9.17) is 9.47 Å². The first-order chi connectivity index (χ1) is 10.7. The minimum Gasteiger partial charge on any atom is -0.444 e. The molecule has 8 nitrogen and oxygen atoms in total. The van der Waals surface area contributed by atoms with Crippen molar-refractivity contribution in [3.63, 3.8) is 0 Å². The fourth-order valence-corrected chi connectivity index (χ4v) is 2.80. The summed E-state index contributed by atoms with van der Waals surface area (Å²) < 4.78 is 10.3. The van der Waals surface area contributed by atoms with Crippen LogP contribution in [0.3, 0.4) is 0 Å². The van der Waals surface area contributed by atoms with Crippen molar-refractivity contribution in [1.29, 1.82) is 0 Å². The molecule has 8 heteroatoms. The highest BCUT2D eigenvalue weighted by Crippen LogP contribution is 2.30. The molecule has 0 aromatic carbocycles. The SMILES string of the molecule is COCCN1C(=O)NC2(CCN(C(=O)OC(C)(C)C)CC2)C1=O. The molecule has 0 unspecified atom stereocenters. The minimum atomic E-state index is -0.899. The van der Waals surface area contributed by atoms with Crippen molar-refractivity contribution < 1.29 is 23.9 Å². The Morgan fingerprint density at radius 1 is 1.26 bits per heavy atom. The highest BCUT2D eigenvalue weighted by molar-refractivity contribution is 6.07. The number of rotatable bonds is 3. The Balaban J connectivity index is 1.97. The van der Waals surface area contributed by atoms with Crippen LogP contribution in [0.25, 0.3) is 0 Å². The maximum atomic E-state index is 12.6. The first-order valence-corrected chi connectivity index (χ1v) is 7.79. The maximum absolute atomic E-state index is 12.6. The van der Waals surface area contributed by atoms with E-state index < -0.39 is 17.2 Å². The molecule has 1 spiro atoms. The van der Waals surface area contributed by atoms with Crippen molar-refractivity contribution in [2.45, 2.75) is 44.8 Å². The van der Waals surface area contributed by atoms with Gasteiger partial charge in [0, 0.05) is 20.2 Å². The zero-order valence-electron chi connectivity index (χ0n) is 14.2. The molecule has 130 valence electrons. The van der Waals surface area contributed by atoms with Crippen LogP contribution in [0.4, 0.5) is 9.59 Å². The smallest absolute Gasteiger partial charge is 0.410 e. The topological polar surface area (TPSA) is 88.2 Å². The zero-order valence-corrected chi connectivity index (χ0v) is 14.2. The van der Waals surface area contributed by atoms with Crippen LogP contribution >= 0.6 is 0 Å². The van der Waals surface area contributed by atoms with Gasteiger partial charge in [0.15, 0.2) is 0 Å². The van der Waals surface area contributed by atoms with Crippen molar-refractivity contribution in [3.05, 3.63) is 0 Å². The van der Waals surface area contributed by atoms with E-state index in [1.807, 2.05) is 20.8 Å². The maximum Gasteiger partial charge on any atom is 0.410 e. The van der Waals surface area contributed by atoms with E-state index in [1.54, 1.807) is 4.90 Å². The molecule has 0 aliphatic carbocycles. The summed E-state index contributed by atoms with van der Waals surface area (Å²) in [5.41, 5.74) is -1.45. The summed E-state index contributed by atoms with van der Waals surface area (Å²) >= 11 is 0. The molecule has 0 aromatic heterocycles. The third-order valence-corrected chi connectivity index (χ3v) is 4.03. The second-order valence-electron chi connectivity index (χ2n) is 6.93. The zero-order chi connectivity index (χ0) is 17.3. The predicted molar refractivity (Wildman–Crippen MR) is 81.9 cm³/mol. The van der Waals surface area contributed by atoms with Gasteiger partial charge in [-0.2, -0.15) is 0 Å². The van der Waals surface area contributed by atoms with Crippen molar-refractivity contribution in [2.24, 2.45) is 0 Å². The van der Waals surface area contributed by atoms with Crippen molar-refractivity contribution in [1.82, 2.24) is 15.1 Å². The van der Waals surface area contributed by atoms with Crippen LogP contribution in [-0.2, 0) is 14.3 Å². The number of piperidine rings is 1. The lowest BCUT2D eigenvalue weighted by atomic mass is 9.87. The number of methoxy groups -OCH3 is 1. The van der Waals surface area contributed by atoms with E-state index in [9.17, 15) is 14.4 Å². The number of ether oxygens (including phenoxy) is 2. The monoisotopic (exact) mass is 327 g/mol. The summed E-state index contributed by atoms with van der Waals surface area (Å²) in [7, 11) is 1.52. The van der Waals surface area contributed by atoms with E-state index in [0.717, 1.165) is 0 Å². The van der Waals surface area contributed by atoms with Crippen LogP contribution in [0, 0.1) is 0 Å². The molecule has 0 saturated carbocycles. The first kappa shape index (κ1) is 17.5. The van der Waals surface area contributed by atoms with Gasteiger partial charge in [0.25, 0.3) is 5.91 Å². The summed E-state index contributed by atoms with van der Waals surface area (Å²) in [5, 5.41) is 2.79. The molecule has 0 aromatic rings. The lowest BCUT2D eigenvalue weighted by Gasteiger charge is -2.37. The quantitative estimate of drug-likeness (QED) is 0.780. The van der Waals surface area contributed by atoms with E-state index in [2.05, 4.69) is 5.32 Å². The molecule has 2 rings (SSSR count). The Morgan fingerprint density at radius 3 is 2.39 bits per heavy atom. The number of hydrogen-bond acceptors (Lipinski definition) is 5. The molecule has 2 aliphatic heterocycles. The van der Waals surface area contributed by atoms with Crippen LogP contribution in [0.1, 0.15) is 33.6 Å². The van der Waals surface area contributed by atoms with Gasteiger partial charge in [-0.15, -0.1) is 0 Å². The predicted octanol–water partition coefficient (Wildman–Crippen LogP) is 0.954. The number of imide groups is 1. The Kier molecular flexibility index (Phi) is 4.84. The van der Waals surface area contributed by atoms with Crippen LogP contribution in [0.2, 0.25) is 0 Å². The molecule has 2 saturated heterocycles. The molecular formula is C15H25N3O5. The van der Waals surface area contributed by atoms with Crippen molar-refractivity contribution in [2.75, 3.05) is 33.4 Å². The summed E-state index contributed by atoms with van der Waals surface area (Å²) in [6.07, 6.45) is 0.390. The molecule has 2 fully saturated rings. The Hall–Kier alpha value is -1.83. The molecule has 4 amide bonds. The fourth-order valence-electron chi connectivity index (χ4n) is 2.80. The van der Waals surface area contributed by atoms with Crippen LogP contribution in [0.5, 0.6) is 0 Å². The van der Waals surface area contributed by atoms with Gasteiger partial charge in [-0.3, -0.25) is 9.69 Å².